The number of anilines is 1. The Hall–Kier alpha value is -1.86. The summed E-state index contributed by atoms with van der Waals surface area (Å²) >= 11 is 1.68. The van der Waals surface area contributed by atoms with Gasteiger partial charge in [0.15, 0.2) is 0 Å². The van der Waals surface area contributed by atoms with E-state index in [0.717, 1.165) is 16.3 Å². The van der Waals surface area contributed by atoms with Crippen LogP contribution in [0.2, 0.25) is 0 Å². The molecule has 1 aromatic carbocycles. The first-order valence-electron chi connectivity index (χ1n) is 5.41. The molecule has 1 N–H and O–H groups in total. The Balaban J connectivity index is 2.34. The van der Waals surface area contributed by atoms with E-state index >= 15 is 0 Å². The number of aromatic nitrogens is 1. The maximum absolute atomic E-state index is 9.24. The summed E-state index contributed by atoms with van der Waals surface area (Å²) in [7, 11) is 0. The second-order valence-electron chi connectivity index (χ2n) is 3.43. The first-order chi connectivity index (χ1) is 8.35. The Morgan fingerprint density at radius 1 is 1.29 bits per heavy atom. The van der Waals surface area contributed by atoms with Crippen molar-refractivity contribution < 1.29 is 0 Å². The number of thioether (sulfide) groups is 1. The molecule has 0 aliphatic rings. The summed E-state index contributed by atoms with van der Waals surface area (Å²) in [5.74, 6) is 0.960. The van der Waals surface area contributed by atoms with E-state index in [9.17, 15) is 5.26 Å². The third-order valence-electron chi connectivity index (χ3n) is 2.29. The highest BCUT2D eigenvalue weighted by Gasteiger charge is 2.07. The lowest BCUT2D eigenvalue weighted by atomic mass is 10.2. The maximum atomic E-state index is 9.24. The Morgan fingerprint density at radius 3 is 2.71 bits per heavy atom. The fourth-order valence-corrected chi connectivity index (χ4v) is 2.35. The highest BCUT2D eigenvalue weighted by Crippen LogP contribution is 2.27. The van der Waals surface area contributed by atoms with Gasteiger partial charge in [0.2, 0.25) is 0 Å². The summed E-state index contributed by atoms with van der Waals surface area (Å²) in [5.41, 5.74) is 4.72. The molecule has 0 unspecified atom stereocenters. The minimum atomic E-state index is 0.702. The summed E-state index contributed by atoms with van der Waals surface area (Å²) in [4.78, 5) is 1.02. The molecular weight excluding hydrogens is 230 g/mol. The number of hydrogen-bond acceptors (Lipinski definition) is 3. The van der Waals surface area contributed by atoms with Gasteiger partial charge in [-0.2, -0.15) is 5.26 Å². The molecule has 86 valence electrons. The van der Waals surface area contributed by atoms with Gasteiger partial charge in [0.25, 0.3) is 0 Å². The number of nitrogens with zero attached hydrogens (tertiary/aromatic N) is 2. The first kappa shape index (κ1) is 11.6. The van der Waals surface area contributed by atoms with Crippen LogP contribution in [0.15, 0.2) is 47.6 Å². The second-order valence-corrected chi connectivity index (χ2v) is 4.73. The minimum Gasteiger partial charge on any atom is -0.294 e. The van der Waals surface area contributed by atoms with Crippen LogP contribution >= 0.6 is 11.8 Å². The normalized spacial score (nSPS) is 9.88. The van der Waals surface area contributed by atoms with E-state index in [1.807, 2.05) is 47.4 Å². The van der Waals surface area contributed by atoms with Gasteiger partial charge in [0.05, 0.1) is 11.3 Å². The molecule has 1 aromatic heterocycles. The second kappa shape index (κ2) is 5.46. The molecular formula is C13H13N3S. The molecule has 0 radical (unpaired) electrons. The van der Waals surface area contributed by atoms with Crippen molar-refractivity contribution in [1.82, 2.24) is 4.68 Å². The van der Waals surface area contributed by atoms with Crippen molar-refractivity contribution in [3.63, 3.8) is 0 Å². The topological polar surface area (TPSA) is 40.8 Å². The van der Waals surface area contributed by atoms with E-state index in [4.69, 9.17) is 0 Å². The van der Waals surface area contributed by atoms with E-state index in [0.29, 0.717) is 5.56 Å². The summed E-state index contributed by atoms with van der Waals surface area (Å²) in [6.45, 7) is 2.08. The van der Waals surface area contributed by atoms with Gasteiger partial charge in [-0.15, -0.1) is 11.8 Å². The predicted octanol–water partition coefficient (Wildman–Crippen LogP) is 3.35. The molecule has 0 atom stereocenters. The highest BCUT2D eigenvalue weighted by molar-refractivity contribution is 7.99. The van der Waals surface area contributed by atoms with Crippen LogP contribution in [-0.4, -0.2) is 10.4 Å². The highest BCUT2D eigenvalue weighted by atomic mass is 32.2. The molecule has 0 spiro atoms. The molecule has 0 aliphatic heterocycles. The zero-order valence-electron chi connectivity index (χ0n) is 9.55. The van der Waals surface area contributed by atoms with Crippen molar-refractivity contribution in [2.45, 2.75) is 11.8 Å². The van der Waals surface area contributed by atoms with Gasteiger partial charge in [-0.05, 0) is 30.0 Å². The molecule has 0 aliphatic carbocycles. The molecule has 0 amide bonds. The maximum Gasteiger partial charge on any atom is 0.103 e. The smallest absolute Gasteiger partial charge is 0.103 e. The molecule has 0 bridgehead atoms. The quantitative estimate of drug-likeness (QED) is 0.837. The van der Waals surface area contributed by atoms with Crippen LogP contribution in [0.5, 0.6) is 0 Å². The Kier molecular flexibility index (Phi) is 3.73. The average molecular weight is 243 g/mol. The van der Waals surface area contributed by atoms with Gasteiger partial charge < -0.3 is 0 Å². The fourth-order valence-electron chi connectivity index (χ4n) is 1.56. The monoisotopic (exact) mass is 243 g/mol. The summed E-state index contributed by atoms with van der Waals surface area (Å²) < 4.78 is 1.83. The molecule has 0 saturated heterocycles. The number of hydrogen-bond donors (Lipinski definition) is 1. The van der Waals surface area contributed by atoms with Gasteiger partial charge in [0, 0.05) is 17.3 Å². The third kappa shape index (κ3) is 2.63. The molecule has 1 heterocycles. The lowest BCUT2D eigenvalue weighted by Gasteiger charge is -2.11. The lowest BCUT2D eigenvalue weighted by molar-refractivity contribution is 0.967. The Morgan fingerprint density at radius 2 is 2.06 bits per heavy atom. The van der Waals surface area contributed by atoms with E-state index in [-0.39, 0.29) is 0 Å². The van der Waals surface area contributed by atoms with Gasteiger partial charge in [-0.3, -0.25) is 10.1 Å². The Bertz CT molecular complexity index is 526. The predicted molar refractivity (Wildman–Crippen MR) is 71.0 cm³/mol. The summed E-state index contributed by atoms with van der Waals surface area (Å²) in [6, 6.07) is 12.0. The number of nitrogens with one attached hydrogen (secondary N) is 1. The zero-order chi connectivity index (χ0) is 12.1. The Labute approximate surface area is 105 Å². The molecule has 0 saturated carbocycles. The van der Waals surface area contributed by atoms with Crippen molar-refractivity contribution in [1.29, 1.82) is 5.26 Å². The molecule has 4 heteroatoms. The first-order valence-corrected chi connectivity index (χ1v) is 6.39. The van der Waals surface area contributed by atoms with E-state index < -0.39 is 0 Å². The van der Waals surface area contributed by atoms with E-state index in [1.54, 1.807) is 11.8 Å². The van der Waals surface area contributed by atoms with Crippen molar-refractivity contribution in [3.05, 3.63) is 48.3 Å². The number of rotatable bonds is 4. The van der Waals surface area contributed by atoms with Crippen LogP contribution < -0.4 is 5.43 Å². The van der Waals surface area contributed by atoms with Gasteiger partial charge in [-0.25, -0.2) is 0 Å². The van der Waals surface area contributed by atoms with Crippen LogP contribution in [0.3, 0.4) is 0 Å². The fraction of sp³-hybridized carbons (Fsp3) is 0.154. The van der Waals surface area contributed by atoms with Gasteiger partial charge in [-0.1, -0.05) is 13.0 Å². The third-order valence-corrected chi connectivity index (χ3v) is 3.23. The van der Waals surface area contributed by atoms with Crippen molar-refractivity contribution in [2.75, 3.05) is 11.2 Å². The zero-order valence-corrected chi connectivity index (χ0v) is 10.4. The molecule has 2 rings (SSSR count). The molecule has 3 nitrogen and oxygen atoms in total. The largest absolute Gasteiger partial charge is 0.294 e. The molecule has 17 heavy (non-hydrogen) atoms. The van der Waals surface area contributed by atoms with E-state index in [1.165, 1.54) is 0 Å². The SMILES string of the molecule is CCSc1cccc(Nn2cccc2)c1C#N. The van der Waals surface area contributed by atoms with Crippen LogP contribution in [0.1, 0.15) is 12.5 Å². The van der Waals surface area contributed by atoms with Gasteiger partial charge >= 0.3 is 0 Å². The lowest BCUT2D eigenvalue weighted by Crippen LogP contribution is -2.07. The standard InChI is InChI=1S/C13H13N3S/c1-2-17-13-7-5-6-12(11(13)10-14)15-16-8-3-4-9-16/h3-9,15H,2H2,1H3. The van der Waals surface area contributed by atoms with Crippen LogP contribution in [0.25, 0.3) is 0 Å². The minimum absolute atomic E-state index is 0.702. The van der Waals surface area contributed by atoms with Crippen molar-refractivity contribution >= 4 is 17.4 Å². The summed E-state index contributed by atoms with van der Waals surface area (Å²) in [6.07, 6.45) is 3.81. The number of nitriles is 1. The van der Waals surface area contributed by atoms with Crippen LogP contribution in [0, 0.1) is 11.3 Å². The average Bonchev–Trinajstić information content (AvgIpc) is 2.83. The van der Waals surface area contributed by atoms with Crippen molar-refractivity contribution in [3.8, 4) is 6.07 Å². The molecule has 2 aromatic rings. The van der Waals surface area contributed by atoms with Crippen LogP contribution in [0.4, 0.5) is 5.69 Å². The van der Waals surface area contributed by atoms with Crippen LogP contribution in [-0.2, 0) is 0 Å². The summed E-state index contributed by atoms with van der Waals surface area (Å²) in [5, 5.41) is 9.24. The van der Waals surface area contributed by atoms with Crippen molar-refractivity contribution in [2.24, 2.45) is 0 Å². The number of benzene rings is 1. The van der Waals surface area contributed by atoms with Gasteiger partial charge in [0.1, 0.15) is 6.07 Å². The molecule has 0 fully saturated rings. The van der Waals surface area contributed by atoms with E-state index in [2.05, 4.69) is 18.4 Å².